The van der Waals surface area contributed by atoms with Crippen LogP contribution in [0, 0.1) is 0 Å². The van der Waals surface area contributed by atoms with Gasteiger partial charge in [0.15, 0.2) is 0 Å². The molecule has 2 amide bonds. The third kappa shape index (κ3) is 3.44. The number of nitrogens with one attached hydrogen (secondary N) is 1. The summed E-state index contributed by atoms with van der Waals surface area (Å²) in [5.74, 6) is 0.379. The monoisotopic (exact) mass is 423 g/mol. The Kier molecular flexibility index (Phi) is 5.18. The molecule has 3 aliphatic rings. The molecule has 0 unspecified atom stereocenters. The van der Waals surface area contributed by atoms with Crippen LogP contribution in [0.2, 0.25) is 0 Å². The van der Waals surface area contributed by atoms with Crippen molar-refractivity contribution in [2.24, 2.45) is 0 Å². The molecular formula is C19H25N3O4S2. The number of rotatable bonds is 4. The molecule has 0 spiro atoms. The molecule has 9 heteroatoms. The molecule has 7 nitrogen and oxygen atoms in total. The fraction of sp³-hybridized carbons (Fsp3) is 0.579. The van der Waals surface area contributed by atoms with E-state index >= 15 is 0 Å². The predicted octanol–water partition coefficient (Wildman–Crippen LogP) is 2.25. The molecule has 4 rings (SSSR count). The van der Waals surface area contributed by atoms with Crippen LogP contribution in [-0.4, -0.2) is 59.2 Å². The van der Waals surface area contributed by atoms with Crippen molar-refractivity contribution in [1.29, 1.82) is 0 Å². The number of benzene rings is 1. The highest BCUT2D eigenvalue weighted by molar-refractivity contribution is 8.01. The van der Waals surface area contributed by atoms with E-state index in [2.05, 4.69) is 5.32 Å². The lowest BCUT2D eigenvalue weighted by atomic mass is 10.2. The number of piperidine rings is 1. The summed E-state index contributed by atoms with van der Waals surface area (Å²) >= 11 is 1.65. The number of hydrogen-bond acceptors (Lipinski definition) is 5. The summed E-state index contributed by atoms with van der Waals surface area (Å²) in [5, 5.41) is 2.84. The Morgan fingerprint density at radius 1 is 1.18 bits per heavy atom. The Morgan fingerprint density at radius 2 is 1.86 bits per heavy atom. The molecular weight excluding hydrogens is 398 g/mol. The van der Waals surface area contributed by atoms with E-state index in [0.29, 0.717) is 31.0 Å². The average molecular weight is 424 g/mol. The third-order valence-corrected chi connectivity index (χ3v) is 9.24. The first kappa shape index (κ1) is 19.7. The molecule has 1 aromatic rings. The Balaban J connectivity index is 1.45. The van der Waals surface area contributed by atoms with Crippen LogP contribution in [0.15, 0.2) is 29.2 Å². The van der Waals surface area contributed by atoms with E-state index < -0.39 is 16.1 Å². The molecule has 3 heterocycles. The van der Waals surface area contributed by atoms with Crippen molar-refractivity contribution in [3.8, 4) is 0 Å². The second-order valence-corrected chi connectivity index (χ2v) is 11.2. The van der Waals surface area contributed by atoms with Crippen LogP contribution in [0.4, 0.5) is 5.69 Å². The van der Waals surface area contributed by atoms with E-state index in [-0.39, 0.29) is 21.6 Å². The maximum atomic E-state index is 12.7. The number of nitrogens with zero attached hydrogens (tertiary/aromatic N) is 2. The van der Waals surface area contributed by atoms with Crippen LogP contribution in [0.1, 0.15) is 39.0 Å². The second kappa shape index (κ2) is 7.35. The zero-order valence-electron chi connectivity index (χ0n) is 15.9. The summed E-state index contributed by atoms with van der Waals surface area (Å²) in [4.78, 5) is 26.6. The number of sulfonamides is 1. The lowest BCUT2D eigenvalue weighted by Gasteiger charge is -2.29. The molecule has 0 bridgehead atoms. The number of carbonyl (C=O) groups is 2. The summed E-state index contributed by atoms with van der Waals surface area (Å²) in [5.41, 5.74) is 0.535. The van der Waals surface area contributed by atoms with Gasteiger partial charge in [-0.3, -0.25) is 9.59 Å². The average Bonchev–Trinajstić information content (AvgIpc) is 3.19. The minimum Gasteiger partial charge on any atom is -0.324 e. The van der Waals surface area contributed by atoms with Crippen molar-refractivity contribution < 1.29 is 18.0 Å². The zero-order valence-corrected chi connectivity index (χ0v) is 17.5. The van der Waals surface area contributed by atoms with Gasteiger partial charge in [0, 0.05) is 31.0 Å². The molecule has 0 aromatic heterocycles. The van der Waals surface area contributed by atoms with Gasteiger partial charge in [-0.2, -0.15) is 4.31 Å². The van der Waals surface area contributed by atoms with Gasteiger partial charge >= 0.3 is 0 Å². The number of carbonyl (C=O) groups excluding carboxylic acids is 2. The summed E-state index contributed by atoms with van der Waals surface area (Å²) < 4.78 is 27.0. The maximum absolute atomic E-state index is 12.7. The van der Waals surface area contributed by atoms with Crippen molar-refractivity contribution in [2.75, 3.05) is 24.2 Å². The fourth-order valence-corrected chi connectivity index (χ4v) is 7.15. The first-order valence-electron chi connectivity index (χ1n) is 9.68. The van der Waals surface area contributed by atoms with Gasteiger partial charge in [-0.15, -0.1) is 11.8 Å². The SMILES string of the molecule is C[C@@]12CCC(=O)N1[C@@H](C(=O)Nc1ccc(S(=O)(=O)N3CCCCC3)cc1)CS2. The Labute approximate surface area is 169 Å². The van der Waals surface area contributed by atoms with E-state index in [4.69, 9.17) is 0 Å². The van der Waals surface area contributed by atoms with Gasteiger partial charge < -0.3 is 10.2 Å². The number of thioether (sulfide) groups is 1. The standard InChI is InChI=1S/C19H25N3O4S2/c1-19-10-9-17(23)22(19)16(13-27-19)18(24)20-14-5-7-15(8-6-14)28(25,26)21-11-3-2-4-12-21/h5-8,16H,2-4,9-13H2,1H3,(H,20,24)/t16-,19-/m1/s1. The Morgan fingerprint density at radius 3 is 2.54 bits per heavy atom. The Hall–Kier alpha value is -1.58. The fourth-order valence-electron chi connectivity index (χ4n) is 4.20. The summed E-state index contributed by atoms with van der Waals surface area (Å²) in [6.07, 6.45) is 4.09. The van der Waals surface area contributed by atoms with Crippen molar-refractivity contribution in [3.05, 3.63) is 24.3 Å². The maximum Gasteiger partial charge on any atom is 0.248 e. The van der Waals surface area contributed by atoms with E-state index in [1.165, 1.54) is 16.4 Å². The third-order valence-electron chi connectivity index (χ3n) is 5.82. The molecule has 28 heavy (non-hydrogen) atoms. The minimum atomic E-state index is -3.49. The van der Waals surface area contributed by atoms with Gasteiger partial charge in [0.2, 0.25) is 21.8 Å². The summed E-state index contributed by atoms with van der Waals surface area (Å²) in [6.45, 7) is 3.13. The van der Waals surface area contributed by atoms with Gasteiger partial charge in [-0.1, -0.05) is 6.42 Å². The van der Waals surface area contributed by atoms with Crippen LogP contribution in [-0.2, 0) is 19.6 Å². The first-order chi connectivity index (χ1) is 13.3. The van der Waals surface area contributed by atoms with Gasteiger partial charge in [0.05, 0.1) is 9.77 Å². The number of anilines is 1. The minimum absolute atomic E-state index is 0.0237. The highest BCUT2D eigenvalue weighted by Gasteiger charge is 2.52. The van der Waals surface area contributed by atoms with Crippen molar-refractivity contribution in [2.45, 2.75) is 54.8 Å². The molecule has 1 aromatic carbocycles. The summed E-state index contributed by atoms with van der Waals surface area (Å²) in [6, 6.07) is 5.81. The second-order valence-electron chi connectivity index (χ2n) is 7.74. The van der Waals surface area contributed by atoms with E-state index in [1.54, 1.807) is 28.8 Å². The largest absolute Gasteiger partial charge is 0.324 e. The highest BCUT2D eigenvalue weighted by atomic mass is 32.2. The van der Waals surface area contributed by atoms with Gasteiger partial charge in [-0.05, 0) is 50.5 Å². The van der Waals surface area contributed by atoms with Gasteiger partial charge in [0.25, 0.3) is 0 Å². The molecule has 0 aliphatic carbocycles. The van der Waals surface area contributed by atoms with E-state index in [0.717, 1.165) is 25.7 Å². The van der Waals surface area contributed by atoms with Crippen LogP contribution in [0.25, 0.3) is 0 Å². The smallest absolute Gasteiger partial charge is 0.248 e. The zero-order chi connectivity index (χ0) is 19.9. The molecule has 2 atom stereocenters. The molecule has 152 valence electrons. The lowest BCUT2D eigenvalue weighted by molar-refractivity contribution is -0.135. The number of amides is 2. The quantitative estimate of drug-likeness (QED) is 0.803. The van der Waals surface area contributed by atoms with Crippen LogP contribution >= 0.6 is 11.8 Å². The van der Waals surface area contributed by atoms with Crippen molar-refractivity contribution >= 4 is 39.3 Å². The van der Waals surface area contributed by atoms with E-state index in [1.807, 2.05) is 6.92 Å². The Bertz CT molecular complexity index is 881. The molecule has 1 N–H and O–H groups in total. The molecule has 0 saturated carbocycles. The topological polar surface area (TPSA) is 86.8 Å². The lowest BCUT2D eigenvalue weighted by Crippen LogP contribution is -2.48. The number of fused-ring (bicyclic) bond motifs is 1. The first-order valence-corrected chi connectivity index (χ1v) is 12.1. The van der Waals surface area contributed by atoms with Gasteiger partial charge in [0.1, 0.15) is 6.04 Å². The van der Waals surface area contributed by atoms with Gasteiger partial charge in [-0.25, -0.2) is 8.42 Å². The highest BCUT2D eigenvalue weighted by Crippen LogP contribution is 2.47. The predicted molar refractivity (Wildman–Crippen MR) is 108 cm³/mol. The molecule has 0 radical (unpaired) electrons. The molecule has 3 aliphatic heterocycles. The molecule has 3 saturated heterocycles. The summed E-state index contributed by atoms with van der Waals surface area (Å²) in [7, 11) is -3.49. The normalized spacial score (nSPS) is 28.4. The van der Waals surface area contributed by atoms with Crippen LogP contribution < -0.4 is 5.32 Å². The van der Waals surface area contributed by atoms with Crippen molar-refractivity contribution in [3.63, 3.8) is 0 Å². The van der Waals surface area contributed by atoms with Crippen molar-refractivity contribution in [1.82, 2.24) is 9.21 Å². The molecule has 3 fully saturated rings. The van der Waals surface area contributed by atoms with Crippen LogP contribution in [0.5, 0.6) is 0 Å². The van der Waals surface area contributed by atoms with E-state index in [9.17, 15) is 18.0 Å². The number of hydrogen-bond donors (Lipinski definition) is 1. The van der Waals surface area contributed by atoms with Crippen LogP contribution in [0.3, 0.4) is 0 Å².